The highest BCUT2D eigenvalue weighted by molar-refractivity contribution is 8.04. The number of hydrogen-bond acceptors (Lipinski definition) is 7. The molecule has 9 heteroatoms. The van der Waals surface area contributed by atoms with Crippen molar-refractivity contribution in [2.24, 2.45) is 0 Å². The second-order valence-electron chi connectivity index (χ2n) is 5.45. The minimum Gasteiger partial charge on any atom is -0.461 e. The van der Waals surface area contributed by atoms with Crippen LogP contribution < -0.4 is 5.32 Å². The Labute approximate surface area is 158 Å². The highest BCUT2D eigenvalue weighted by Crippen LogP contribution is 2.29. The number of aromatic nitrogens is 2. The van der Waals surface area contributed by atoms with E-state index in [-0.39, 0.29) is 40.1 Å². The molecule has 0 spiro atoms. The highest BCUT2D eigenvalue weighted by Gasteiger charge is 2.34. The first kappa shape index (κ1) is 18.6. The van der Waals surface area contributed by atoms with Gasteiger partial charge in [-0.15, -0.1) is 11.8 Å². The number of para-hydroxylation sites is 1. The Morgan fingerprint density at radius 2 is 1.96 bits per heavy atom. The zero-order valence-corrected chi connectivity index (χ0v) is 15.1. The number of allylic oxidation sites excluding steroid dienone is 2. The van der Waals surface area contributed by atoms with Crippen molar-refractivity contribution in [3.63, 3.8) is 0 Å². The van der Waals surface area contributed by atoms with Gasteiger partial charge in [-0.1, -0.05) is 18.2 Å². The summed E-state index contributed by atoms with van der Waals surface area (Å²) in [5, 5.41) is 8.83. The standard InChI is InChI=1S/C18H15N3O5S/c1-2-26-18(25)16-14-15(20-21-16)11(22)8-12(17(14)24)27-9-13(23)19-10-6-4-3-5-7-10/h3-8H,2,9H2,1H3,(H,19,23)(H,20,21). The number of nitrogens with one attached hydrogen (secondary N) is 2. The van der Waals surface area contributed by atoms with Gasteiger partial charge in [0, 0.05) is 11.8 Å². The molecule has 138 valence electrons. The molecule has 0 saturated heterocycles. The molecule has 1 heterocycles. The zero-order chi connectivity index (χ0) is 19.4. The molecule has 0 bridgehead atoms. The number of fused-ring (bicyclic) bond motifs is 1. The van der Waals surface area contributed by atoms with E-state index in [1.54, 1.807) is 31.2 Å². The fraction of sp³-hybridized carbons (Fsp3) is 0.167. The minimum absolute atomic E-state index is 0.0678. The number of carbonyl (C=O) groups is 4. The molecule has 0 unspecified atom stereocenters. The van der Waals surface area contributed by atoms with Gasteiger partial charge in [-0.05, 0) is 19.1 Å². The number of ether oxygens (including phenoxy) is 1. The predicted octanol–water partition coefficient (Wildman–Crippen LogP) is 2.22. The van der Waals surface area contributed by atoms with Gasteiger partial charge >= 0.3 is 5.97 Å². The zero-order valence-electron chi connectivity index (χ0n) is 14.3. The van der Waals surface area contributed by atoms with E-state index < -0.39 is 17.5 Å². The summed E-state index contributed by atoms with van der Waals surface area (Å²) in [6.07, 6.45) is 1.13. The van der Waals surface area contributed by atoms with Gasteiger partial charge in [0.05, 0.1) is 22.8 Å². The fourth-order valence-corrected chi connectivity index (χ4v) is 3.22. The highest BCUT2D eigenvalue weighted by atomic mass is 32.2. The molecular weight excluding hydrogens is 370 g/mol. The molecule has 0 fully saturated rings. The molecule has 8 nitrogen and oxygen atoms in total. The third-order valence-corrected chi connectivity index (χ3v) is 4.63. The van der Waals surface area contributed by atoms with E-state index in [9.17, 15) is 19.2 Å². The first-order valence-corrected chi connectivity index (χ1v) is 9.03. The normalized spacial score (nSPS) is 13.0. The Hall–Kier alpha value is -3.20. The number of hydrogen-bond donors (Lipinski definition) is 2. The summed E-state index contributed by atoms with van der Waals surface area (Å²) in [6, 6.07) is 8.87. The monoisotopic (exact) mass is 385 g/mol. The number of benzene rings is 1. The van der Waals surface area contributed by atoms with Crippen molar-refractivity contribution < 1.29 is 23.9 Å². The summed E-state index contributed by atoms with van der Waals surface area (Å²) in [7, 11) is 0. The first-order valence-electron chi connectivity index (χ1n) is 8.05. The molecule has 0 atom stereocenters. The van der Waals surface area contributed by atoms with Crippen molar-refractivity contribution in [3.8, 4) is 0 Å². The number of anilines is 1. The van der Waals surface area contributed by atoms with Crippen LogP contribution >= 0.6 is 11.8 Å². The number of amides is 1. The number of nitrogens with zero attached hydrogens (tertiary/aromatic N) is 1. The van der Waals surface area contributed by atoms with Crippen LogP contribution in [-0.4, -0.2) is 46.0 Å². The van der Waals surface area contributed by atoms with Crippen LogP contribution in [0.25, 0.3) is 0 Å². The lowest BCUT2D eigenvalue weighted by atomic mass is 9.99. The molecule has 1 aromatic heterocycles. The van der Waals surface area contributed by atoms with Gasteiger partial charge in [-0.3, -0.25) is 19.5 Å². The smallest absolute Gasteiger partial charge is 0.357 e. The van der Waals surface area contributed by atoms with Crippen molar-refractivity contribution >= 4 is 40.9 Å². The third-order valence-electron chi connectivity index (χ3n) is 3.61. The summed E-state index contributed by atoms with van der Waals surface area (Å²) < 4.78 is 4.87. The second-order valence-corrected chi connectivity index (χ2v) is 6.46. The van der Waals surface area contributed by atoms with Gasteiger partial charge in [-0.2, -0.15) is 5.10 Å². The summed E-state index contributed by atoms with van der Waals surface area (Å²) in [5.74, 6) is -2.21. The van der Waals surface area contributed by atoms with Crippen LogP contribution in [0, 0.1) is 0 Å². The van der Waals surface area contributed by atoms with E-state index in [4.69, 9.17) is 4.74 Å². The van der Waals surface area contributed by atoms with Gasteiger partial charge < -0.3 is 10.1 Å². The lowest BCUT2D eigenvalue weighted by molar-refractivity contribution is -0.113. The molecule has 2 aromatic rings. The van der Waals surface area contributed by atoms with Crippen LogP contribution in [0.1, 0.15) is 38.3 Å². The molecule has 1 aliphatic rings. The average Bonchev–Trinajstić information content (AvgIpc) is 3.11. The van der Waals surface area contributed by atoms with Crippen molar-refractivity contribution in [3.05, 3.63) is 58.3 Å². The molecular formula is C18H15N3O5S. The number of rotatable bonds is 6. The lowest BCUT2D eigenvalue weighted by Crippen LogP contribution is -2.20. The number of ketones is 2. The van der Waals surface area contributed by atoms with E-state index >= 15 is 0 Å². The number of esters is 1. The fourth-order valence-electron chi connectivity index (χ4n) is 2.44. The van der Waals surface area contributed by atoms with Gasteiger partial charge in [0.1, 0.15) is 5.69 Å². The largest absolute Gasteiger partial charge is 0.461 e. The molecule has 2 N–H and O–H groups in total. The lowest BCUT2D eigenvalue weighted by Gasteiger charge is -2.12. The SMILES string of the molecule is CCOC(=O)c1[nH]nc2c1C(=O)C(SCC(=O)Nc1ccccc1)=CC2=O. The van der Waals surface area contributed by atoms with Gasteiger partial charge in [0.2, 0.25) is 17.5 Å². The van der Waals surface area contributed by atoms with Crippen molar-refractivity contribution in [2.45, 2.75) is 6.92 Å². The quantitative estimate of drug-likeness (QED) is 0.732. The number of H-pyrrole nitrogens is 1. The minimum atomic E-state index is -0.763. The summed E-state index contributed by atoms with van der Waals surface area (Å²) in [4.78, 5) is 49.0. The molecule has 27 heavy (non-hydrogen) atoms. The van der Waals surface area contributed by atoms with Gasteiger partial charge in [0.25, 0.3) is 0 Å². The van der Waals surface area contributed by atoms with E-state index in [1.165, 1.54) is 0 Å². The number of carbonyl (C=O) groups excluding carboxylic acids is 4. The van der Waals surface area contributed by atoms with Crippen molar-refractivity contribution in [1.29, 1.82) is 0 Å². The maximum absolute atomic E-state index is 12.7. The number of Topliss-reactive ketones (excluding diaryl/α,β-unsaturated/α-hetero) is 1. The van der Waals surface area contributed by atoms with E-state index in [0.717, 1.165) is 17.8 Å². The van der Waals surface area contributed by atoms with Crippen LogP contribution in [0.5, 0.6) is 0 Å². The van der Waals surface area contributed by atoms with Crippen molar-refractivity contribution in [1.82, 2.24) is 10.2 Å². The van der Waals surface area contributed by atoms with Crippen LogP contribution in [0.2, 0.25) is 0 Å². The Bertz CT molecular complexity index is 949. The van der Waals surface area contributed by atoms with E-state index in [2.05, 4.69) is 15.5 Å². The Balaban J connectivity index is 1.72. The van der Waals surface area contributed by atoms with Crippen LogP contribution in [0.4, 0.5) is 5.69 Å². The van der Waals surface area contributed by atoms with Crippen LogP contribution in [-0.2, 0) is 9.53 Å². The summed E-state index contributed by atoms with van der Waals surface area (Å²) in [5.41, 5.74) is 0.225. The predicted molar refractivity (Wildman–Crippen MR) is 98.8 cm³/mol. The third kappa shape index (κ3) is 3.98. The van der Waals surface area contributed by atoms with E-state index in [0.29, 0.717) is 5.69 Å². The number of aromatic amines is 1. The second kappa shape index (κ2) is 8.00. The number of thioether (sulfide) groups is 1. The molecule has 1 aromatic carbocycles. The maximum Gasteiger partial charge on any atom is 0.357 e. The maximum atomic E-state index is 12.7. The van der Waals surface area contributed by atoms with Crippen LogP contribution in [0.15, 0.2) is 41.3 Å². The average molecular weight is 385 g/mol. The van der Waals surface area contributed by atoms with E-state index in [1.807, 2.05) is 6.07 Å². The summed E-state index contributed by atoms with van der Waals surface area (Å²) >= 11 is 0.922. The Kier molecular flexibility index (Phi) is 5.51. The molecule has 0 saturated carbocycles. The molecule has 0 aliphatic heterocycles. The molecule has 0 radical (unpaired) electrons. The van der Waals surface area contributed by atoms with Gasteiger partial charge in [0.15, 0.2) is 5.69 Å². The molecule has 1 aliphatic carbocycles. The summed E-state index contributed by atoms with van der Waals surface area (Å²) in [6.45, 7) is 1.74. The Morgan fingerprint density at radius 3 is 2.67 bits per heavy atom. The van der Waals surface area contributed by atoms with Crippen molar-refractivity contribution in [2.75, 3.05) is 17.7 Å². The first-order chi connectivity index (χ1) is 13.0. The Morgan fingerprint density at radius 1 is 1.22 bits per heavy atom. The van der Waals surface area contributed by atoms with Crippen LogP contribution in [0.3, 0.4) is 0 Å². The topological polar surface area (TPSA) is 118 Å². The van der Waals surface area contributed by atoms with Gasteiger partial charge in [-0.25, -0.2) is 4.79 Å². The molecule has 3 rings (SSSR count). The molecule has 1 amide bonds.